The molecule has 3 heterocycles. The summed E-state index contributed by atoms with van der Waals surface area (Å²) in [4.78, 5) is 29.4. The molecule has 0 saturated carbocycles. The molecule has 1 aliphatic rings. The third-order valence-corrected chi connectivity index (χ3v) is 5.73. The van der Waals surface area contributed by atoms with Crippen LogP contribution in [-0.2, 0) is 0 Å². The van der Waals surface area contributed by atoms with Gasteiger partial charge in [-0.25, -0.2) is 0 Å². The molecule has 0 unspecified atom stereocenters. The first-order valence-corrected chi connectivity index (χ1v) is 9.86. The van der Waals surface area contributed by atoms with Crippen molar-refractivity contribution in [3.8, 4) is 11.3 Å². The van der Waals surface area contributed by atoms with E-state index in [1.54, 1.807) is 28.0 Å². The third-order valence-electron chi connectivity index (χ3n) is 4.54. The van der Waals surface area contributed by atoms with Crippen molar-refractivity contribution in [1.29, 1.82) is 0 Å². The van der Waals surface area contributed by atoms with E-state index in [-0.39, 0.29) is 17.6 Å². The van der Waals surface area contributed by atoms with E-state index >= 15 is 0 Å². The number of hydrogen-bond donors (Lipinski definition) is 0. The maximum Gasteiger partial charge on any atom is 0.289 e. The lowest BCUT2D eigenvalue weighted by Gasteiger charge is -2.34. The molecule has 2 aromatic heterocycles. The number of furan rings is 1. The van der Waals surface area contributed by atoms with Crippen molar-refractivity contribution >= 4 is 34.8 Å². The average molecular weight is 401 g/mol. The first-order valence-electron chi connectivity index (χ1n) is 8.60. The number of hydrogen-bond acceptors (Lipinski definition) is 4. The van der Waals surface area contributed by atoms with E-state index in [9.17, 15) is 9.59 Å². The Morgan fingerprint density at radius 3 is 2.26 bits per heavy atom. The molecule has 1 saturated heterocycles. The summed E-state index contributed by atoms with van der Waals surface area (Å²) in [5.74, 6) is 0.700. The molecule has 138 valence electrons. The Morgan fingerprint density at radius 2 is 1.59 bits per heavy atom. The number of rotatable bonds is 3. The van der Waals surface area contributed by atoms with Crippen LogP contribution in [0.25, 0.3) is 11.3 Å². The second-order valence-electron chi connectivity index (χ2n) is 6.21. The molecule has 3 aromatic rings. The van der Waals surface area contributed by atoms with E-state index in [1.165, 1.54) is 11.3 Å². The number of thiophene rings is 1. The number of amides is 2. The Bertz CT molecular complexity index is 959. The number of piperazine rings is 1. The van der Waals surface area contributed by atoms with Crippen LogP contribution in [0.5, 0.6) is 0 Å². The Kier molecular flexibility index (Phi) is 5.01. The molecular weight excluding hydrogens is 384 g/mol. The Balaban J connectivity index is 1.41. The monoisotopic (exact) mass is 400 g/mol. The predicted octanol–water partition coefficient (Wildman–Crippen LogP) is 4.26. The summed E-state index contributed by atoms with van der Waals surface area (Å²) in [5.41, 5.74) is 0.754. The Hall–Kier alpha value is -2.57. The van der Waals surface area contributed by atoms with Crippen LogP contribution in [0.4, 0.5) is 0 Å². The maximum atomic E-state index is 12.7. The van der Waals surface area contributed by atoms with Gasteiger partial charge in [0.25, 0.3) is 11.8 Å². The number of carbonyl (C=O) groups is 2. The minimum atomic E-state index is -0.170. The maximum absolute atomic E-state index is 12.7. The van der Waals surface area contributed by atoms with E-state index in [0.29, 0.717) is 37.0 Å². The normalized spacial score (nSPS) is 14.4. The van der Waals surface area contributed by atoms with Gasteiger partial charge in [0.2, 0.25) is 0 Å². The van der Waals surface area contributed by atoms with Gasteiger partial charge in [0.05, 0.1) is 9.90 Å². The van der Waals surface area contributed by atoms with Gasteiger partial charge in [0.15, 0.2) is 5.76 Å². The molecular formula is C20H17ClN2O3S. The highest BCUT2D eigenvalue weighted by atomic mass is 35.5. The van der Waals surface area contributed by atoms with Crippen LogP contribution in [-0.4, -0.2) is 47.8 Å². The summed E-state index contributed by atoms with van der Waals surface area (Å²) in [6.45, 7) is 2.00. The van der Waals surface area contributed by atoms with E-state index in [1.807, 2.05) is 35.7 Å². The van der Waals surface area contributed by atoms with Gasteiger partial charge >= 0.3 is 0 Å². The highest BCUT2D eigenvalue weighted by Crippen LogP contribution is 2.29. The van der Waals surface area contributed by atoms with Crippen molar-refractivity contribution in [2.24, 2.45) is 0 Å². The first kappa shape index (κ1) is 17.8. The van der Waals surface area contributed by atoms with Crippen LogP contribution < -0.4 is 0 Å². The van der Waals surface area contributed by atoms with Crippen LogP contribution in [0.3, 0.4) is 0 Å². The van der Waals surface area contributed by atoms with Gasteiger partial charge in [0, 0.05) is 31.7 Å². The lowest BCUT2D eigenvalue weighted by molar-refractivity contribution is 0.0521. The minimum Gasteiger partial charge on any atom is -0.451 e. The highest BCUT2D eigenvalue weighted by Gasteiger charge is 2.27. The van der Waals surface area contributed by atoms with Gasteiger partial charge in [-0.2, -0.15) is 0 Å². The molecule has 1 aliphatic heterocycles. The summed E-state index contributed by atoms with van der Waals surface area (Å²) in [7, 11) is 0. The fraction of sp³-hybridized carbons (Fsp3) is 0.200. The number of halogens is 1. The highest BCUT2D eigenvalue weighted by molar-refractivity contribution is 7.12. The van der Waals surface area contributed by atoms with Crippen LogP contribution in [0.15, 0.2) is 58.3 Å². The molecule has 0 bridgehead atoms. The molecule has 0 radical (unpaired) electrons. The van der Waals surface area contributed by atoms with Crippen molar-refractivity contribution < 1.29 is 14.0 Å². The Labute approximate surface area is 165 Å². The van der Waals surface area contributed by atoms with Crippen molar-refractivity contribution in [3.63, 3.8) is 0 Å². The van der Waals surface area contributed by atoms with Gasteiger partial charge in [-0.15, -0.1) is 11.3 Å². The summed E-state index contributed by atoms with van der Waals surface area (Å²) in [5, 5.41) is 2.46. The zero-order chi connectivity index (χ0) is 18.8. The largest absolute Gasteiger partial charge is 0.451 e. The van der Waals surface area contributed by atoms with Crippen LogP contribution in [0.1, 0.15) is 20.2 Å². The first-order chi connectivity index (χ1) is 13.1. The number of benzene rings is 1. The second kappa shape index (κ2) is 7.58. The Morgan fingerprint density at radius 1 is 0.889 bits per heavy atom. The quantitative estimate of drug-likeness (QED) is 0.660. The SMILES string of the molecule is O=C(c1ccc(-c2ccccc2Cl)o1)N1CCN(C(=O)c2cccs2)CC1. The van der Waals surface area contributed by atoms with Crippen molar-refractivity contribution in [3.05, 3.63) is 69.6 Å². The summed E-state index contributed by atoms with van der Waals surface area (Å²) < 4.78 is 5.74. The molecule has 2 amide bonds. The molecule has 27 heavy (non-hydrogen) atoms. The zero-order valence-corrected chi connectivity index (χ0v) is 16.0. The lowest BCUT2D eigenvalue weighted by Crippen LogP contribution is -2.50. The van der Waals surface area contributed by atoms with Gasteiger partial charge in [-0.05, 0) is 35.7 Å². The van der Waals surface area contributed by atoms with Gasteiger partial charge in [0.1, 0.15) is 5.76 Å². The van der Waals surface area contributed by atoms with E-state index in [4.69, 9.17) is 16.0 Å². The molecule has 0 atom stereocenters. The number of carbonyl (C=O) groups excluding carboxylic acids is 2. The molecule has 1 aromatic carbocycles. The third kappa shape index (κ3) is 3.63. The van der Waals surface area contributed by atoms with Gasteiger partial charge in [-0.3, -0.25) is 9.59 Å². The van der Waals surface area contributed by atoms with E-state index < -0.39 is 0 Å². The smallest absolute Gasteiger partial charge is 0.289 e. The van der Waals surface area contributed by atoms with Crippen molar-refractivity contribution in [2.45, 2.75) is 0 Å². The van der Waals surface area contributed by atoms with E-state index in [2.05, 4.69) is 0 Å². The van der Waals surface area contributed by atoms with Crippen molar-refractivity contribution in [2.75, 3.05) is 26.2 Å². The van der Waals surface area contributed by atoms with Gasteiger partial charge in [-0.1, -0.05) is 29.8 Å². The average Bonchev–Trinajstić information content (AvgIpc) is 3.39. The molecule has 0 aliphatic carbocycles. The fourth-order valence-corrected chi connectivity index (χ4v) is 4.00. The molecule has 0 N–H and O–H groups in total. The molecule has 7 heteroatoms. The topological polar surface area (TPSA) is 53.8 Å². The van der Waals surface area contributed by atoms with E-state index in [0.717, 1.165) is 10.4 Å². The number of nitrogens with zero attached hydrogens (tertiary/aromatic N) is 2. The van der Waals surface area contributed by atoms with Crippen LogP contribution >= 0.6 is 22.9 Å². The standard InChI is InChI=1S/C20H17ClN2O3S/c21-15-5-2-1-4-14(15)16-7-8-17(26-16)19(24)22-9-11-23(12-10-22)20(25)18-6-3-13-27-18/h1-8,13H,9-12H2. The zero-order valence-electron chi connectivity index (χ0n) is 14.4. The summed E-state index contributed by atoms with van der Waals surface area (Å²) in [6.07, 6.45) is 0. The van der Waals surface area contributed by atoms with Crippen molar-refractivity contribution in [1.82, 2.24) is 9.80 Å². The molecule has 1 fully saturated rings. The molecule has 5 nitrogen and oxygen atoms in total. The second-order valence-corrected chi connectivity index (χ2v) is 7.56. The van der Waals surface area contributed by atoms with Crippen LogP contribution in [0, 0.1) is 0 Å². The van der Waals surface area contributed by atoms with Crippen LogP contribution in [0.2, 0.25) is 5.02 Å². The minimum absolute atomic E-state index is 0.0242. The lowest BCUT2D eigenvalue weighted by atomic mass is 10.2. The summed E-state index contributed by atoms with van der Waals surface area (Å²) in [6, 6.07) is 14.5. The summed E-state index contributed by atoms with van der Waals surface area (Å²) >= 11 is 7.63. The molecule has 4 rings (SSSR count). The fourth-order valence-electron chi connectivity index (χ4n) is 3.08. The van der Waals surface area contributed by atoms with Gasteiger partial charge < -0.3 is 14.2 Å². The molecule has 0 spiro atoms. The predicted molar refractivity (Wildman–Crippen MR) is 105 cm³/mol.